The van der Waals surface area contributed by atoms with Crippen LogP contribution >= 0.6 is 0 Å². The number of allylic oxidation sites excluding steroid dienone is 1. The molecule has 0 amide bonds. The summed E-state index contributed by atoms with van der Waals surface area (Å²) < 4.78 is 0. The summed E-state index contributed by atoms with van der Waals surface area (Å²) in [4.78, 5) is 2.31. The first-order valence-electron chi connectivity index (χ1n) is 18.3. The predicted molar refractivity (Wildman–Crippen MR) is 232 cm³/mol. The van der Waals surface area contributed by atoms with E-state index in [4.69, 9.17) is 0 Å². The molecule has 53 heavy (non-hydrogen) atoms. The van der Waals surface area contributed by atoms with Gasteiger partial charge >= 0.3 is 0 Å². The minimum absolute atomic E-state index is 1.12. The first-order chi connectivity index (χ1) is 26.0. The first-order valence-corrected chi connectivity index (χ1v) is 18.3. The van der Waals surface area contributed by atoms with Crippen molar-refractivity contribution in [1.82, 2.24) is 0 Å². The van der Waals surface area contributed by atoms with Crippen LogP contribution in [-0.2, 0) is 0 Å². The minimum atomic E-state index is 1.12. The van der Waals surface area contributed by atoms with Gasteiger partial charge in [0.1, 0.15) is 0 Å². The van der Waals surface area contributed by atoms with Crippen molar-refractivity contribution in [2.24, 2.45) is 0 Å². The highest BCUT2D eigenvalue weighted by molar-refractivity contribution is 6.16. The van der Waals surface area contributed by atoms with Gasteiger partial charge in [0.2, 0.25) is 0 Å². The van der Waals surface area contributed by atoms with E-state index in [1.54, 1.807) is 0 Å². The lowest BCUT2D eigenvalue weighted by Crippen LogP contribution is -2.11. The van der Waals surface area contributed by atoms with Crippen molar-refractivity contribution < 1.29 is 0 Å². The Morgan fingerprint density at radius 2 is 1.04 bits per heavy atom. The Labute approximate surface area is 314 Å². The molecule has 8 rings (SSSR count). The van der Waals surface area contributed by atoms with E-state index in [9.17, 15) is 0 Å². The van der Waals surface area contributed by atoms with Crippen LogP contribution in [0.15, 0.2) is 183 Å². The molecule has 0 N–H and O–H groups in total. The van der Waals surface area contributed by atoms with Crippen LogP contribution < -0.4 is 4.90 Å². The fraction of sp³-hybridized carbons (Fsp3) is 0.0769. The molecule has 8 aromatic carbocycles. The molecule has 0 radical (unpaired) electrons. The molecule has 0 bridgehead atoms. The third kappa shape index (κ3) is 7.20. The Hall–Kier alpha value is -6.44. The number of para-hydroxylation sites is 1. The van der Waals surface area contributed by atoms with Crippen LogP contribution in [0.3, 0.4) is 0 Å². The van der Waals surface area contributed by atoms with Gasteiger partial charge in [-0.15, -0.1) is 0 Å². The molecule has 1 nitrogen and oxygen atoms in total. The number of fused-ring (bicyclic) bond motifs is 3. The molecule has 258 valence electrons. The maximum atomic E-state index is 4.02. The van der Waals surface area contributed by atoms with Gasteiger partial charge in [0.25, 0.3) is 0 Å². The van der Waals surface area contributed by atoms with Gasteiger partial charge in [-0.3, -0.25) is 0 Å². The summed E-state index contributed by atoms with van der Waals surface area (Å²) in [5.41, 5.74) is 14.8. The molecule has 0 aliphatic heterocycles. The van der Waals surface area contributed by atoms with Crippen molar-refractivity contribution in [3.63, 3.8) is 0 Å². The lowest BCUT2D eigenvalue weighted by molar-refractivity contribution is 1.27. The molecule has 0 aliphatic rings. The molecule has 0 fully saturated rings. The highest BCUT2D eigenvalue weighted by Gasteiger charge is 2.17. The van der Waals surface area contributed by atoms with E-state index in [2.05, 4.69) is 214 Å². The lowest BCUT2D eigenvalue weighted by atomic mass is 9.87. The molecular weight excluding hydrogens is 639 g/mol. The Balaban J connectivity index is 0.000000173. The summed E-state index contributed by atoms with van der Waals surface area (Å²) >= 11 is 0. The van der Waals surface area contributed by atoms with Crippen LogP contribution in [0.4, 0.5) is 17.1 Å². The molecule has 8 aromatic rings. The molecule has 0 spiro atoms. The molecule has 1 heteroatoms. The zero-order chi connectivity index (χ0) is 36.7. The van der Waals surface area contributed by atoms with E-state index in [-0.39, 0.29) is 0 Å². The summed E-state index contributed by atoms with van der Waals surface area (Å²) in [7, 11) is 0. The molecule has 0 aliphatic carbocycles. The minimum Gasteiger partial charge on any atom is -0.310 e. The summed E-state index contributed by atoms with van der Waals surface area (Å²) in [5, 5.41) is 5.36. The van der Waals surface area contributed by atoms with E-state index in [0.29, 0.717) is 0 Å². The van der Waals surface area contributed by atoms with Gasteiger partial charge < -0.3 is 4.90 Å². The third-order valence-corrected chi connectivity index (χ3v) is 10.0. The zero-order valence-corrected chi connectivity index (χ0v) is 31.1. The standard InChI is InChI=1S/C30H27N.C22H18/c1-4-10-29-24(5-2)11-9-14-30(29)31(27-12-7-6-8-13-27)28-21-19-26(20-22-28)25-17-15-23(3)16-18-25;1-15-9-3-4-10-17(15)22-16(2)18-11-5-6-12-19(18)20-13-7-8-14-21(20)22/h4-22H,2H2,1,3H3;3-14H,1-2H3/b10-4-;. The molecule has 0 aromatic heterocycles. The summed E-state index contributed by atoms with van der Waals surface area (Å²) in [6.07, 6.45) is 6.15. The van der Waals surface area contributed by atoms with Crippen LogP contribution in [0.5, 0.6) is 0 Å². The molecule has 0 atom stereocenters. The second-order valence-corrected chi connectivity index (χ2v) is 13.5. The highest BCUT2D eigenvalue weighted by Crippen LogP contribution is 2.41. The van der Waals surface area contributed by atoms with Gasteiger partial charge in [0.05, 0.1) is 5.69 Å². The molecular formula is C52H45N. The normalized spacial score (nSPS) is 11.0. The van der Waals surface area contributed by atoms with E-state index in [1.165, 1.54) is 60.5 Å². The number of hydrogen-bond donors (Lipinski definition) is 0. The second-order valence-electron chi connectivity index (χ2n) is 13.5. The second kappa shape index (κ2) is 15.8. The number of hydrogen-bond acceptors (Lipinski definition) is 1. The van der Waals surface area contributed by atoms with E-state index >= 15 is 0 Å². The number of anilines is 3. The molecule has 0 saturated carbocycles. The SMILES string of the molecule is C=Cc1cccc(N(c2ccccc2)c2ccc(-c3ccc(C)cc3)cc2)c1/C=C\C.Cc1ccccc1-c1c(C)c2ccccc2c2ccccc12. The van der Waals surface area contributed by atoms with E-state index in [0.717, 1.165) is 28.2 Å². The Morgan fingerprint density at radius 1 is 0.491 bits per heavy atom. The van der Waals surface area contributed by atoms with Gasteiger partial charge in [0.15, 0.2) is 0 Å². The number of nitrogens with zero attached hydrogens (tertiary/aromatic N) is 1. The van der Waals surface area contributed by atoms with Crippen molar-refractivity contribution in [1.29, 1.82) is 0 Å². The van der Waals surface area contributed by atoms with Crippen LogP contribution in [-0.4, -0.2) is 0 Å². The predicted octanol–water partition coefficient (Wildman–Crippen LogP) is 15.1. The van der Waals surface area contributed by atoms with Gasteiger partial charge in [-0.2, -0.15) is 0 Å². The smallest absolute Gasteiger partial charge is 0.0539 e. The number of rotatable bonds is 7. The Kier molecular flexibility index (Phi) is 10.5. The zero-order valence-electron chi connectivity index (χ0n) is 31.1. The van der Waals surface area contributed by atoms with Crippen molar-refractivity contribution >= 4 is 50.8 Å². The van der Waals surface area contributed by atoms with Crippen LogP contribution in [0.1, 0.15) is 34.7 Å². The maximum Gasteiger partial charge on any atom is 0.0539 e. The van der Waals surface area contributed by atoms with Gasteiger partial charge in [-0.1, -0.05) is 170 Å². The molecule has 0 unspecified atom stereocenters. The molecule has 0 heterocycles. The van der Waals surface area contributed by atoms with Crippen LogP contribution in [0, 0.1) is 20.8 Å². The lowest BCUT2D eigenvalue weighted by Gasteiger charge is -2.28. The third-order valence-electron chi connectivity index (χ3n) is 10.0. The van der Waals surface area contributed by atoms with Gasteiger partial charge in [-0.25, -0.2) is 0 Å². The highest BCUT2D eigenvalue weighted by atomic mass is 15.1. The fourth-order valence-corrected chi connectivity index (χ4v) is 7.36. The van der Waals surface area contributed by atoms with Crippen molar-refractivity contribution in [3.8, 4) is 22.3 Å². The molecule has 0 saturated heterocycles. The van der Waals surface area contributed by atoms with Crippen molar-refractivity contribution in [3.05, 3.63) is 210 Å². The van der Waals surface area contributed by atoms with E-state index < -0.39 is 0 Å². The average molecular weight is 684 g/mol. The van der Waals surface area contributed by atoms with E-state index in [1.807, 2.05) is 13.0 Å². The largest absolute Gasteiger partial charge is 0.310 e. The maximum absolute atomic E-state index is 4.02. The topological polar surface area (TPSA) is 3.24 Å². The van der Waals surface area contributed by atoms with Crippen LogP contribution in [0.25, 0.3) is 56.0 Å². The Morgan fingerprint density at radius 3 is 1.68 bits per heavy atom. The van der Waals surface area contributed by atoms with Crippen LogP contribution in [0.2, 0.25) is 0 Å². The average Bonchev–Trinajstić information content (AvgIpc) is 3.21. The summed E-state index contributed by atoms with van der Waals surface area (Å²) in [6.45, 7) is 12.6. The van der Waals surface area contributed by atoms with Gasteiger partial charge in [-0.05, 0) is 119 Å². The fourth-order valence-electron chi connectivity index (χ4n) is 7.36. The number of aryl methyl sites for hydroxylation is 3. The quantitative estimate of drug-likeness (QED) is 0.151. The number of benzene rings is 8. The first kappa shape index (κ1) is 35.0. The summed E-state index contributed by atoms with van der Waals surface area (Å²) in [6, 6.07) is 60.5. The van der Waals surface area contributed by atoms with Crippen molar-refractivity contribution in [2.45, 2.75) is 27.7 Å². The Bertz CT molecular complexity index is 2540. The van der Waals surface area contributed by atoms with Gasteiger partial charge in [0, 0.05) is 16.9 Å². The summed E-state index contributed by atoms with van der Waals surface area (Å²) in [5.74, 6) is 0. The monoisotopic (exact) mass is 683 g/mol. The van der Waals surface area contributed by atoms with Crippen molar-refractivity contribution in [2.75, 3.05) is 4.90 Å².